The lowest BCUT2D eigenvalue weighted by molar-refractivity contribution is 0.889. The van der Waals surface area contributed by atoms with Crippen LogP contribution >= 0.6 is 23.7 Å². The van der Waals surface area contributed by atoms with E-state index in [2.05, 4.69) is 41.6 Å². The fourth-order valence-corrected chi connectivity index (χ4v) is 3.05. The molecule has 18 heavy (non-hydrogen) atoms. The summed E-state index contributed by atoms with van der Waals surface area (Å²) in [6, 6.07) is 12.4. The SMILES string of the molecule is Cc1[nH]c2ccccc2c1[C@H](N)c1cccs1.Cl. The molecule has 0 amide bonds. The molecule has 3 N–H and O–H groups in total. The van der Waals surface area contributed by atoms with Gasteiger partial charge in [-0.1, -0.05) is 24.3 Å². The number of aromatic nitrogens is 1. The summed E-state index contributed by atoms with van der Waals surface area (Å²) in [4.78, 5) is 4.60. The molecule has 0 saturated heterocycles. The Hall–Kier alpha value is -1.29. The van der Waals surface area contributed by atoms with Gasteiger partial charge in [-0.25, -0.2) is 0 Å². The first kappa shape index (κ1) is 13.1. The van der Waals surface area contributed by atoms with Crippen molar-refractivity contribution in [3.8, 4) is 0 Å². The van der Waals surface area contributed by atoms with Gasteiger partial charge in [0.15, 0.2) is 0 Å². The minimum absolute atomic E-state index is 0. The number of thiophene rings is 1. The molecule has 0 saturated carbocycles. The summed E-state index contributed by atoms with van der Waals surface area (Å²) in [5.74, 6) is 0. The van der Waals surface area contributed by atoms with Crippen LogP contribution in [-0.4, -0.2) is 4.98 Å². The van der Waals surface area contributed by atoms with E-state index in [9.17, 15) is 0 Å². The van der Waals surface area contributed by atoms with Gasteiger partial charge in [-0.2, -0.15) is 0 Å². The summed E-state index contributed by atoms with van der Waals surface area (Å²) in [6.07, 6.45) is 0. The number of benzene rings is 1. The highest BCUT2D eigenvalue weighted by Gasteiger charge is 2.17. The number of fused-ring (bicyclic) bond motifs is 1. The number of aryl methyl sites for hydroxylation is 1. The molecule has 0 aliphatic heterocycles. The first-order valence-electron chi connectivity index (χ1n) is 5.63. The van der Waals surface area contributed by atoms with Crippen molar-refractivity contribution >= 4 is 34.6 Å². The van der Waals surface area contributed by atoms with Crippen LogP contribution in [0.5, 0.6) is 0 Å². The van der Waals surface area contributed by atoms with Crippen LogP contribution in [0.25, 0.3) is 10.9 Å². The first-order valence-corrected chi connectivity index (χ1v) is 6.51. The van der Waals surface area contributed by atoms with Gasteiger partial charge in [-0.15, -0.1) is 23.7 Å². The Morgan fingerprint density at radius 2 is 1.94 bits per heavy atom. The van der Waals surface area contributed by atoms with E-state index in [4.69, 9.17) is 5.73 Å². The van der Waals surface area contributed by atoms with Gasteiger partial charge < -0.3 is 10.7 Å². The van der Waals surface area contributed by atoms with Crippen molar-refractivity contribution in [1.82, 2.24) is 4.98 Å². The minimum atomic E-state index is -0.0360. The molecule has 0 radical (unpaired) electrons. The van der Waals surface area contributed by atoms with E-state index in [1.165, 1.54) is 15.8 Å². The summed E-state index contributed by atoms with van der Waals surface area (Å²) in [5, 5.41) is 3.30. The largest absolute Gasteiger partial charge is 0.358 e. The highest BCUT2D eigenvalue weighted by molar-refractivity contribution is 7.10. The molecule has 2 nitrogen and oxygen atoms in total. The Balaban J connectivity index is 0.00000120. The summed E-state index contributed by atoms with van der Waals surface area (Å²) in [7, 11) is 0. The maximum Gasteiger partial charge on any atom is 0.0669 e. The highest BCUT2D eigenvalue weighted by atomic mass is 35.5. The van der Waals surface area contributed by atoms with Gasteiger partial charge in [0.2, 0.25) is 0 Å². The second-order valence-electron chi connectivity index (χ2n) is 4.20. The van der Waals surface area contributed by atoms with Crippen molar-refractivity contribution in [2.45, 2.75) is 13.0 Å². The van der Waals surface area contributed by atoms with Gasteiger partial charge in [0.1, 0.15) is 0 Å². The van der Waals surface area contributed by atoms with Crippen LogP contribution in [0.2, 0.25) is 0 Å². The van der Waals surface area contributed by atoms with Gasteiger partial charge >= 0.3 is 0 Å². The molecule has 0 unspecified atom stereocenters. The van der Waals surface area contributed by atoms with Crippen molar-refractivity contribution in [3.63, 3.8) is 0 Å². The molecule has 0 spiro atoms. The average Bonchev–Trinajstić information content (AvgIpc) is 2.94. The van der Waals surface area contributed by atoms with E-state index in [1.807, 2.05) is 12.1 Å². The maximum atomic E-state index is 6.36. The Kier molecular flexibility index (Phi) is 3.76. The van der Waals surface area contributed by atoms with Crippen LogP contribution in [-0.2, 0) is 0 Å². The summed E-state index contributed by atoms with van der Waals surface area (Å²) in [6.45, 7) is 2.09. The molecular formula is C14H15ClN2S. The van der Waals surface area contributed by atoms with E-state index in [0.29, 0.717) is 0 Å². The number of nitrogens with one attached hydrogen (secondary N) is 1. The average molecular weight is 279 g/mol. The molecular weight excluding hydrogens is 264 g/mol. The normalized spacial score (nSPS) is 12.3. The Bertz CT molecular complexity index is 643. The predicted octanol–water partition coefficient (Wildman–Crippen LogP) is 4.01. The molecule has 2 aromatic heterocycles. The van der Waals surface area contributed by atoms with Gasteiger partial charge in [-0.05, 0) is 24.4 Å². The smallest absolute Gasteiger partial charge is 0.0669 e. The number of rotatable bonds is 2. The van der Waals surface area contributed by atoms with E-state index < -0.39 is 0 Å². The monoisotopic (exact) mass is 278 g/mol. The lowest BCUT2D eigenvalue weighted by Gasteiger charge is -2.10. The van der Waals surface area contributed by atoms with Gasteiger partial charge in [0.05, 0.1) is 6.04 Å². The second kappa shape index (κ2) is 5.14. The highest BCUT2D eigenvalue weighted by Crippen LogP contribution is 2.31. The number of halogens is 1. The molecule has 3 rings (SSSR count). The molecule has 2 heterocycles. The number of H-pyrrole nitrogens is 1. The molecule has 0 bridgehead atoms. The second-order valence-corrected chi connectivity index (χ2v) is 5.18. The van der Waals surface area contributed by atoms with Crippen LogP contribution in [0.1, 0.15) is 22.2 Å². The fourth-order valence-electron chi connectivity index (χ4n) is 2.31. The molecule has 3 aromatic rings. The third-order valence-electron chi connectivity index (χ3n) is 3.10. The van der Waals surface area contributed by atoms with Gasteiger partial charge in [0, 0.05) is 27.0 Å². The van der Waals surface area contributed by atoms with Crippen LogP contribution in [0.4, 0.5) is 0 Å². The van der Waals surface area contributed by atoms with E-state index in [1.54, 1.807) is 11.3 Å². The minimum Gasteiger partial charge on any atom is -0.358 e. The summed E-state index contributed by atoms with van der Waals surface area (Å²) < 4.78 is 0. The van der Waals surface area contributed by atoms with E-state index >= 15 is 0 Å². The quantitative estimate of drug-likeness (QED) is 0.731. The third kappa shape index (κ3) is 2.05. The van der Waals surface area contributed by atoms with E-state index in [0.717, 1.165) is 11.2 Å². The van der Waals surface area contributed by atoms with Gasteiger partial charge in [-0.3, -0.25) is 0 Å². The molecule has 4 heteroatoms. The molecule has 1 aromatic carbocycles. The molecule has 0 aliphatic rings. The van der Waals surface area contributed by atoms with Crippen molar-refractivity contribution in [3.05, 3.63) is 57.9 Å². The fraction of sp³-hybridized carbons (Fsp3) is 0.143. The summed E-state index contributed by atoms with van der Waals surface area (Å²) >= 11 is 1.71. The number of hydrogen-bond donors (Lipinski definition) is 2. The maximum absolute atomic E-state index is 6.36. The van der Waals surface area contributed by atoms with Crippen LogP contribution in [0.3, 0.4) is 0 Å². The molecule has 94 valence electrons. The zero-order chi connectivity index (χ0) is 11.8. The molecule has 0 fully saturated rings. The van der Waals surface area contributed by atoms with Crippen molar-refractivity contribution in [1.29, 1.82) is 0 Å². The lowest BCUT2D eigenvalue weighted by Crippen LogP contribution is -2.10. The number of para-hydroxylation sites is 1. The van der Waals surface area contributed by atoms with Crippen LogP contribution < -0.4 is 5.73 Å². The number of aromatic amines is 1. The van der Waals surface area contributed by atoms with Crippen LogP contribution in [0, 0.1) is 6.92 Å². The zero-order valence-electron chi connectivity index (χ0n) is 10.0. The van der Waals surface area contributed by atoms with Crippen LogP contribution in [0.15, 0.2) is 41.8 Å². The Morgan fingerprint density at radius 3 is 2.67 bits per heavy atom. The lowest BCUT2D eigenvalue weighted by atomic mass is 10.0. The molecule has 0 aliphatic carbocycles. The third-order valence-corrected chi connectivity index (χ3v) is 4.06. The Morgan fingerprint density at radius 1 is 1.17 bits per heavy atom. The molecule has 1 atom stereocenters. The van der Waals surface area contributed by atoms with E-state index in [-0.39, 0.29) is 18.4 Å². The summed E-state index contributed by atoms with van der Waals surface area (Å²) in [5.41, 5.74) is 9.89. The topological polar surface area (TPSA) is 41.8 Å². The van der Waals surface area contributed by atoms with Crippen molar-refractivity contribution in [2.75, 3.05) is 0 Å². The standard InChI is InChI=1S/C14H14N2S.ClH/c1-9-13(14(15)12-7-4-8-17-12)10-5-2-3-6-11(10)16-9;/h2-8,14,16H,15H2,1H3;1H/t14-;/m1./s1. The number of nitrogens with two attached hydrogens (primary N) is 1. The zero-order valence-corrected chi connectivity index (χ0v) is 11.6. The predicted molar refractivity (Wildman–Crippen MR) is 80.6 cm³/mol. The Labute approximate surface area is 116 Å². The number of hydrogen-bond acceptors (Lipinski definition) is 2. The van der Waals surface area contributed by atoms with Gasteiger partial charge in [0.25, 0.3) is 0 Å². The van der Waals surface area contributed by atoms with Crippen molar-refractivity contribution in [2.24, 2.45) is 5.73 Å². The van der Waals surface area contributed by atoms with Crippen molar-refractivity contribution < 1.29 is 0 Å². The first-order chi connectivity index (χ1) is 8.27.